The molecule has 2 aliphatic rings. The van der Waals surface area contributed by atoms with Gasteiger partial charge in [0.1, 0.15) is 5.60 Å². The number of rotatable bonds is 1. The summed E-state index contributed by atoms with van der Waals surface area (Å²) in [5.41, 5.74) is -0.386. The van der Waals surface area contributed by atoms with Crippen LogP contribution in [0.25, 0.3) is 0 Å². The first-order valence-electron chi connectivity index (χ1n) is 6.12. The molecule has 0 N–H and O–H groups in total. The van der Waals surface area contributed by atoms with Gasteiger partial charge in [0.05, 0.1) is 0 Å². The molecule has 1 amide bonds. The Hall–Kier alpha value is -0.770. The van der Waals surface area contributed by atoms with E-state index in [0.29, 0.717) is 12.0 Å². The van der Waals surface area contributed by atoms with Crippen LogP contribution in [0, 0.1) is 5.92 Å². The number of carbonyl (C=O) groups excluding carboxylic acids is 1. The number of fused-ring (bicyclic) bond motifs is 1. The highest BCUT2D eigenvalue weighted by Crippen LogP contribution is 2.32. The molecule has 4 heteroatoms. The van der Waals surface area contributed by atoms with Gasteiger partial charge in [0.2, 0.25) is 0 Å². The molecule has 0 aliphatic carbocycles. The van der Waals surface area contributed by atoms with E-state index >= 15 is 0 Å². The number of amides is 1. The van der Waals surface area contributed by atoms with Crippen molar-refractivity contribution in [3.8, 4) is 0 Å². The largest absolute Gasteiger partial charge is 0.444 e. The van der Waals surface area contributed by atoms with Crippen molar-refractivity contribution in [2.45, 2.75) is 39.3 Å². The molecule has 2 fully saturated rings. The molecule has 16 heavy (non-hydrogen) atoms. The van der Waals surface area contributed by atoms with Gasteiger partial charge in [-0.15, -0.1) is 0 Å². The summed E-state index contributed by atoms with van der Waals surface area (Å²) in [5.74, 6) is 0.674. The summed E-state index contributed by atoms with van der Waals surface area (Å²) in [4.78, 5) is 16.1. The highest BCUT2D eigenvalue weighted by molar-refractivity contribution is 5.68. The van der Waals surface area contributed by atoms with Gasteiger partial charge in [-0.05, 0) is 27.3 Å². The van der Waals surface area contributed by atoms with Crippen molar-refractivity contribution in [3.05, 3.63) is 0 Å². The van der Waals surface area contributed by atoms with E-state index in [0.717, 1.165) is 26.2 Å². The molecule has 2 rings (SSSR count). The molecule has 4 nitrogen and oxygen atoms in total. The van der Waals surface area contributed by atoms with E-state index in [1.54, 1.807) is 0 Å². The molecule has 2 atom stereocenters. The number of nitrogens with zero attached hydrogens (tertiary/aromatic N) is 2. The van der Waals surface area contributed by atoms with Crippen LogP contribution < -0.4 is 0 Å². The lowest BCUT2D eigenvalue weighted by Gasteiger charge is -2.42. The zero-order valence-electron chi connectivity index (χ0n) is 10.7. The maximum absolute atomic E-state index is 11.9. The van der Waals surface area contributed by atoms with E-state index in [1.165, 1.54) is 0 Å². The fourth-order valence-electron chi connectivity index (χ4n) is 2.58. The Balaban J connectivity index is 1.87. The van der Waals surface area contributed by atoms with E-state index < -0.39 is 0 Å². The summed E-state index contributed by atoms with van der Waals surface area (Å²) >= 11 is 0. The van der Waals surface area contributed by atoms with Gasteiger partial charge in [0.25, 0.3) is 0 Å². The lowest BCUT2D eigenvalue weighted by atomic mass is 9.92. The third kappa shape index (κ3) is 2.17. The normalized spacial score (nSPS) is 29.9. The molecule has 0 aromatic carbocycles. The predicted octanol–water partition coefficient (Wildman–Crippen LogP) is 1.56. The maximum atomic E-state index is 11.9. The molecular weight excluding hydrogens is 204 g/mol. The number of likely N-dealkylation sites (N-methyl/N-ethyl adjacent to an activating group) is 1. The van der Waals surface area contributed by atoms with Gasteiger partial charge in [-0.2, -0.15) is 0 Å². The van der Waals surface area contributed by atoms with Crippen LogP contribution in [0.5, 0.6) is 0 Å². The van der Waals surface area contributed by atoms with Crippen LogP contribution in [-0.2, 0) is 4.74 Å². The lowest BCUT2D eigenvalue weighted by Crippen LogP contribution is -2.55. The van der Waals surface area contributed by atoms with Crippen molar-refractivity contribution >= 4 is 6.09 Å². The van der Waals surface area contributed by atoms with E-state index in [2.05, 4.69) is 11.8 Å². The summed E-state index contributed by atoms with van der Waals surface area (Å²) in [6.45, 7) is 11.8. The van der Waals surface area contributed by atoms with Crippen LogP contribution in [-0.4, -0.2) is 53.7 Å². The molecule has 0 aromatic rings. The second-order valence-corrected chi connectivity index (χ2v) is 5.80. The second kappa shape index (κ2) is 3.91. The van der Waals surface area contributed by atoms with E-state index in [1.807, 2.05) is 25.7 Å². The third-order valence-electron chi connectivity index (χ3n) is 3.40. The molecular formula is C12H22N2O2. The Morgan fingerprint density at radius 3 is 2.56 bits per heavy atom. The van der Waals surface area contributed by atoms with E-state index in [9.17, 15) is 4.79 Å². The summed E-state index contributed by atoms with van der Waals surface area (Å²) in [6, 6.07) is 0.581. The van der Waals surface area contributed by atoms with Crippen LogP contribution in [0.4, 0.5) is 4.79 Å². The number of carbonyl (C=O) groups is 1. The molecule has 0 saturated carbocycles. The molecule has 0 bridgehead atoms. The van der Waals surface area contributed by atoms with E-state index in [4.69, 9.17) is 4.74 Å². The summed E-state index contributed by atoms with van der Waals surface area (Å²) < 4.78 is 5.38. The molecule has 2 saturated heterocycles. The lowest BCUT2D eigenvalue weighted by molar-refractivity contribution is 0.0287. The van der Waals surface area contributed by atoms with Crippen LogP contribution in [0.15, 0.2) is 0 Å². The van der Waals surface area contributed by atoms with Crippen molar-refractivity contribution < 1.29 is 9.53 Å². The van der Waals surface area contributed by atoms with Crippen LogP contribution in [0.3, 0.4) is 0 Å². The smallest absolute Gasteiger partial charge is 0.410 e. The van der Waals surface area contributed by atoms with Crippen molar-refractivity contribution in [2.24, 2.45) is 5.92 Å². The van der Waals surface area contributed by atoms with Gasteiger partial charge in [0, 0.05) is 31.6 Å². The molecule has 0 radical (unpaired) electrons. The fourth-order valence-corrected chi connectivity index (χ4v) is 2.58. The molecule has 2 heterocycles. The summed E-state index contributed by atoms with van der Waals surface area (Å²) in [5, 5.41) is 0. The quantitative estimate of drug-likeness (QED) is 0.680. The average Bonchev–Trinajstić information content (AvgIpc) is 2.43. The number of hydrogen-bond donors (Lipinski definition) is 0. The third-order valence-corrected chi connectivity index (χ3v) is 3.40. The van der Waals surface area contributed by atoms with Crippen molar-refractivity contribution in [2.75, 3.05) is 26.2 Å². The van der Waals surface area contributed by atoms with Gasteiger partial charge < -0.3 is 9.64 Å². The fraction of sp³-hybridized carbons (Fsp3) is 0.917. The van der Waals surface area contributed by atoms with Gasteiger partial charge in [-0.1, -0.05) is 6.92 Å². The maximum Gasteiger partial charge on any atom is 0.410 e. The monoisotopic (exact) mass is 226 g/mol. The average molecular weight is 226 g/mol. The first-order chi connectivity index (χ1) is 7.40. The Bertz CT molecular complexity index is 285. The van der Waals surface area contributed by atoms with Crippen LogP contribution in [0.2, 0.25) is 0 Å². The highest BCUT2D eigenvalue weighted by atomic mass is 16.6. The Kier molecular flexibility index (Phi) is 2.86. The first kappa shape index (κ1) is 11.7. The first-order valence-corrected chi connectivity index (χ1v) is 6.12. The Morgan fingerprint density at radius 2 is 2.00 bits per heavy atom. The molecule has 92 valence electrons. The molecule has 0 spiro atoms. The highest BCUT2D eigenvalue weighted by Gasteiger charge is 2.46. The van der Waals surface area contributed by atoms with Gasteiger partial charge in [-0.3, -0.25) is 4.90 Å². The van der Waals surface area contributed by atoms with Crippen molar-refractivity contribution in [1.82, 2.24) is 9.80 Å². The number of likely N-dealkylation sites (tertiary alicyclic amines) is 2. The Morgan fingerprint density at radius 1 is 1.31 bits per heavy atom. The van der Waals surface area contributed by atoms with Gasteiger partial charge in [0.15, 0.2) is 0 Å². The number of hydrogen-bond acceptors (Lipinski definition) is 3. The van der Waals surface area contributed by atoms with Crippen molar-refractivity contribution in [1.29, 1.82) is 0 Å². The Labute approximate surface area is 97.5 Å². The topological polar surface area (TPSA) is 32.8 Å². The van der Waals surface area contributed by atoms with Gasteiger partial charge >= 0.3 is 6.09 Å². The molecule has 2 aliphatic heterocycles. The van der Waals surface area contributed by atoms with Crippen molar-refractivity contribution in [3.63, 3.8) is 0 Å². The predicted molar refractivity (Wildman–Crippen MR) is 62.3 cm³/mol. The zero-order chi connectivity index (χ0) is 11.9. The number of ether oxygens (including phenoxy) is 1. The van der Waals surface area contributed by atoms with E-state index in [-0.39, 0.29) is 11.7 Å². The minimum absolute atomic E-state index is 0.155. The summed E-state index contributed by atoms with van der Waals surface area (Å²) in [6.07, 6.45) is -0.155. The molecule has 2 unspecified atom stereocenters. The van der Waals surface area contributed by atoms with Crippen LogP contribution >= 0.6 is 0 Å². The summed E-state index contributed by atoms with van der Waals surface area (Å²) in [7, 11) is 0. The second-order valence-electron chi connectivity index (χ2n) is 5.80. The zero-order valence-corrected chi connectivity index (χ0v) is 10.7. The minimum atomic E-state index is -0.386. The van der Waals surface area contributed by atoms with Crippen LogP contribution in [0.1, 0.15) is 27.7 Å². The standard InChI is InChI=1S/C12H22N2O2/c1-5-13-6-9-7-14(8-10(9)13)11(15)16-12(2,3)4/h9-10H,5-8H2,1-4H3. The SMILES string of the molecule is CCN1CC2CN(C(=O)OC(C)(C)C)CC21. The minimum Gasteiger partial charge on any atom is -0.444 e. The molecule has 0 aromatic heterocycles. The van der Waals surface area contributed by atoms with Gasteiger partial charge in [-0.25, -0.2) is 4.79 Å².